The van der Waals surface area contributed by atoms with Gasteiger partial charge < -0.3 is 29.6 Å². The van der Waals surface area contributed by atoms with Crippen LogP contribution in [0.5, 0.6) is 5.75 Å². The number of rotatable bonds is 7. The van der Waals surface area contributed by atoms with Crippen molar-refractivity contribution in [2.45, 2.75) is 57.6 Å². The quantitative estimate of drug-likeness (QED) is 0.704. The molecule has 1 aliphatic rings. The lowest BCUT2D eigenvalue weighted by Gasteiger charge is -2.32. The van der Waals surface area contributed by atoms with Crippen molar-refractivity contribution in [2.75, 3.05) is 20.2 Å². The molecule has 1 aliphatic heterocycles. The van der Waals surface area contributed by atoms with Gasteiger partial charge in [-0.1, -0.05) is 6.07 Å². The van der Waals surface area contributed by atoms with Gasteiger partial charge in [0.1, 0.15) is 5.75 Å². The normalized spacial score (nSPS) is 23.9. The van der Waals surface area contributed by atoms with Crippen molar-refractivity contribution >= 4 is 10.9 Å². The Balaban J connectivity index is 1.78. The highest BCUT2D eigenvalue weighted by Crippen LogP contribution is 2.32. The molecular weight excluding hydrogens is 332 g/mol. The Morgan fingerprint density at radius 2 is 2.15 bits per heavy atom. The van der Waals surface area contributed by atoms with Crippen molar-refractivity contribution in [3.63, 3.8) is 0 Å². The van der Waals surface area contributed by atoms with E-state index in [1.54, 1.807) is 0 Å². The predicted octanol–water partition coefficient (Wildman–Crippen LogP) is 2.29. The molecule has 0 saturated carbocycles. The number of aromatic amines is 1. The van der Waals surface area contributed by atoms with Gasteiger partial charge in [-0.15, -0.1) is 0 Å². The van der Waals surface area contributed by atoms with Gasteiger partial charge in [0.15, 0.2) is 0 Å². The van der Waals surface area contributed by atoms with Gasteiger partial charge in [-0.25, -0.2) is 0 Å². The SMILES string of the molecule is CC(C)N(C)CCc1c[nH]c2cccc(OC3CC(O)CC(CO)O3)c12. The standard InChI is InChI=1S/C20H30N2O4/c1-13(2)22(3)8-7-14-11-21-17-5-4-6-18(20(14)17)26-19-10-15(24)9-16(12-23)25-19/h4-6,11,13,15-16,19,21,23-24H,7-10,12H2,1-3H3. The Labute approximate surface area is 154 Å². The van der Waals surface area contributed by atoms with Gasteiger partial charge in [-0.3, -0.25) is 0 Å². The molecule has 2 aromatic rings. The number of likely N-dealkylation sites (N-methyl/N-ethyl adjacent to an activating group) is 1. The van der Waals surface area contributed by atoms with Crippen molar-refractivity contribution < 1.29 is 19.7 Å². The van der Waals surface area contributed by atoms with Crippen LogP contribution in [0.4, 0.5) is 0 Å². The number of aliphatic hydroxyl groups excluding tert-OH is 2. The van der Waals surface area contributed by atoms with Crippen LogP contribution in [0.15, 0.2) is 24.4 Å². The second-order valence-corrected chi connectivity index (χ2v) is 7.43. The van der Waals surface area contributed by atoms with Crippen LogP contribution >= 0.6 is 0 Å². The number of nitrogens with zero attached hydrogens (tertiary/aromatic N) is 1. The smallest absolute Gasteiger partial charge is 0.202 e. The second-order valence-electron chi connectivity index (χ2n) is 7.43. The van der Waals surface area contributed by atoms with Gasteiger partial charge in [-0.05, 0) is 45.0 Å². The maximum absolute atomic E-state index is 10.0. The van der Waals surface area contributed by atoms with Crippen molar-refractivity contribution in [3.05, 3.63) is 30.0 Å². The minimum Gasteiger partial charge on any atom is -0.464 e. The maximum atomic E-state index is 10.0. The lowest BCUT2D eigenvalue weighted by Crippen LogP contribution is -2.40. The molecule has 0 amide bonds. The van der Waals surface area contributed by atoms with E-state index in [4.69, 9.17) is 9.47 Å². The molecule has 3 rings (SSSR count). The number of ether oxygens (including phenoxy) is 2. The van der Waals surface area contributed by atoms with Crippen molar-refractivity contribution in [2.24, 2.45) is 0 Å². The number of hydrogen-bond donors (Lipinski definition) is 3. The Bertz CT molecular complexity index is 715. The van der Waals surface area contributed by atoms with Crippen molar-refractivity contribution in [1.29, 1.82) is 0 Å². The van der Waals surface area contributed by atoms with Crippen LogP contribution in [0, 0.1) is 0 Å². The largest absolute Gasteiger partial charge is 0.464 e. The summed E-state index contributed by atoms with van der Waals surface area (Å²) >= 11 is 0. The summed E-state index contributed by atoms with van der Waals surface area (Å²) in [4.78, 5) is 5.63. The first-order valence-electron chi connectivity index (χ1n) is 9.38. The predicted molar refractivity (Wildman–Crippen MR) is 101 cm³/mol. The molecule has 3 atom stereocenters. The van der Waals surface area contributed by atoms with Gasteiger partial charge in [0.05, 0.1) is 18.8 Å². The molecule has 144 valence electrons. The zero-order chi connectivity index (χ0) is 18.7. The molecule has 0 bridgehead atoms. The van der Waals surface area contributed by atoms with Crippen LogP contribution in [0.3, 0.4) is 0 Å². The third kappa shape index (κ3) is 4.38. The summed E-state index contributed by atoms with van der Waals surface area (Å²) in [5.41, 5.74) is 2.23. The van der Waals surface area contributed by atoms with E-state index in [9.17, 15) is 10.2 Å². The van der Waals surface area contributed by atoms with E-state index in [0.717, 1.165) is 29.6 Å². The topological polar surface area (TPSA) is 78.0 Å². The lowest BCUT2D eigenvalue weighted by atomic mass is 10.1. The van der Waals surface area contributed by atoms with Crippen molar-refractivity contribution in [3.8, 4) is 5.75 Å². The van der Waals surface area contributed by atoms with Gasteiger partial charge in [0, 0.05) is 42.5 Å². The molecule has 0 aliphatic carbocycles. The van der Waals surface area contributed by atoms with Gasteiger partial charge in [0.2, 0.25) is 6.29 Å². The van der Waals surface area contributed by atoms with Crippen LogP contribution in [-0.2, 0) is 11.2 Å². The number of nitrogens with one attached hydrogen (secondary N) is 1. The molecule has 6 heteroatoms. The molecule has 3 N–H and O–H groups in total. The molecule has 26 heavy (non-hydrogen) atoms. The summed E-state index contributed by atoms with van der Waals surface area (Å²) in [5, 5.41) is 20.4. The van der Waals surface area contributed by atoms with Gasteiger partial charge in [-0.2, -0.15) is 0 Å². The number of aliphatic hydroxyl groups is 2. The second kappa shape index (κ2) is 8.39. The molecule has 0 spiro atoms. The van der Waals surface area contributed by atoms with E-state index in [1.807, 2.05) is 24.4 Å². The number of benzene rings is 1. The summed E-state index contributed by atoms with van der Waals surface area (Å²) < 4.78 is 11.9. The highest BCUT2D eigenvalue weighted by Gasteiger charge is 2.29. The minimum absolute atomic E-state index is 0.113. The number of hydrogen-bond acceptors (Lipinski definition) is 5. The number of H-pyrrole nitrogens is 1. The van der Waals surface area contributed by atoms with Crippen molar-refractivity contribution in [1.82, 2.24) is 9.88 Å². The maximum Gasteiger partial charge on any atom is 0.202 e. The Morgan fingerprint density at radius 1 is 1.35 bits per heavy atom. The van der Waals surface area contributed by atoms with Gasteiger partial charge >= 0.3 is 0 Å². The van der Waals surface area contributed by atoms with Crippen LogP contribution in [0.1, 0.15) is 32.3 Å². The monoisotopic (exact) mass is 362 g/mol. The molecule has 1 saturated heterocycles. The first-order valence-corrected chi connectivity index (χ1v) is 9.38. The Kier molecular flexibility index (Phi) is 6.19. The summed E-state index contributed by atoms with van der Waals surface area (Å²) in [6.45, 7) is 5.22. The molecule has 6 nitrogen and oxygen atoms in total. The first-order chi connectivity index (χ1) is 12.5. The molecular formula is C20H30N2O4. The van der Waals surface area contributed by atoms with E-state index < -0.39 is 12.4 Å². The zero-order valence-electron chi connectivity index (χ0n) is 15.8. The van der Waals surface area contributed by atoms with Gasteiger partial charge in [0.25, 0.3) is 0 Å². The van der Waals surface area contributed by atoms with E-state index in [1.165, 1.54) is 5.56 Å². The molecule has 3 unspecified atom stereocenters. The van der Waals surface area contributed by atoms with E-state index >= 15 is 0 Å². The summed E-state index contributed by atoms with van der Waals surface area (Å²) in [6, 6.07) is 6.42. The molecule has 2 heterocycles. The average Bonchev–Trinajstić information content (AvgIpc) is 3.03. The number of fused-ring (bicyclic) bond motifs is 1. The summed E-state index contributed by atoms with van der Waals surface area (Å²) in [7, 11) is 2.13. The fraction of sp³-hybridized carbons (Fsp3) is 0.600. The van der Waals surface area contributed by atoms with E-state index in [-0.39, 0.29) is 12.7 Å². The Hall–Kier alpha value is -1.60. The first kappa shape index (κ1) is 19.2. The third-order valence-electron chi connectivity index (χ3n) is 5.17. The Morgan fingerprint density at radius 3 is 2.88 bits per heavy atom. The van der Waals surface area contributed by atoms with Crippen LogP contribution in [0.2, 0.25) is 0 Å². The highest BCUT2D eigenvalue weighted by molar-refractivity contribution is 5.89. The fourth-order valence-electron chi connectivity index (χ4n) is 3.35. The molecule has 0 radical (unpaired) electrons. The highest BCUT2D eigenvalue weighted by atomic mass is 16.7. The summed E-state index contributed by atoms with van der Waals surface area (Å²) in [6.07, 6.45) is 2.35. The van der Waals surface area contributed by atoms with Crippen LogP contribution < -0.4 is 4.74 Å². The molecule has 1 aromatic carbocycles. The third-order valence-corrected chi connectivity index (χ3v) is 5.17. The molecule has 1 fully saturated rings. The minimum atomic E-state index is -0.553. The zero-order valence-corrected chi connectivity index (χ0v) is 15.8. The van der Waals surface area contributed by atoms with E-state index in [2.05, 4.69) is 30.8 Å². The van der Waals surface area contributed by atoms with Crippen LogP contribution in [-0.4, -0.2) is 64.8 Å². The van der Waals surface area contributed by atoms with E-state index in [0.29, 0.717) is 18.9 Å². The lowest BCUT2D eigenvalue weighted by molar-refractivity contribution is -0.184. The fourth-order valence-corrected chi connectivity index (χ4v) is 3.35. The molecule has 1 aromatic heterocycles. The number of aromatic nitrogens is 1. The van der Waals surface area contributed by atoms with Crippen LogP contribution in [0.25, 0.3) is 10.9 Å². The summed E-state index contributed by atoms with van der Waals surface area (Å²) in [5.74, 6) is 0.752. The average molecular weight is 362 g/mol.